The van der Waals surface area contributed by atoms with Crippen molar-refractivity contribution in [3.63, 3.8) is 0 Å². The number of esters is 3. The van der Waals surface area contributed by atoms with Gasteiger partial charge >= 0.3 is 17.9 Å². The van der Waals surface area contributed by atoms with E-state index < -0.39 is 6.10 Å². The van der Waals surface area contributed by atoms with Gasteiger partial charge in [0.2, 0.25) is 0 Å². The zero-order valence-electron chi connectivity index (χ0n) is 50.0. The number of ether oxygens (including phenoxy) is 3. The smallest absolute Gasteiger partial charge is 0.306 e. The predicted molar refractivity (Wildman–Crippen MR) is 330 cm³/mol. The van der Waals surface area contributed by atoms with E-state index in [9.17, 15) is 14.4 Å². The van der Waals surface area contributed by atoms with Crippen LogP contribution in [0.1, 0.15) is 310 Å². The molecule has 0 fully saturated rings. The lowest BCUT2D eigenvalue weighted by molar-refractivity contribution is -0.167. The number of carbonyl (C=O) groups is 3. The molecule has 0 heterocycles. The molecule has 1 unspecified atom stereocenters. The lowest BCUT2D eigenvalue weighted by atomic mass is 10.0. The molecule has 0 aliphatic rings. The van der Waals surface area contributed by atoms with E-state index in [2.05, 4.69) is 118 Å². The molecule has 0 bridgehead atoms. The summed E-state index contributed by atoms with van der Waals surface area (Å²) in [5.74, 6) is -0.927. The maximum Gasteiger partial charge on any atom is 0.306 e. The lowest BCUT2D eigenvalue weighted by Crippen LogP contribution is -2.30. The van der Waals surface area contributed by atoms with E-state index in [-0.39, 0.29) is 37.5 Å². The standard InChI is InChI=1S/C70H120O6/c1-4-7-10-13-16-19-21-23-25-26-27-28-29-30-31-32-33-34-35-36-37-38-39-40-41-42-43-44-46-47-49-51-54-57-60-63-69(72)75-66-67(65-74-68(71)62-59-56-53-18-15-12-9-6-3)76-70(73)64-61-58-55-52-50-48-45-24-22-20-17-14-11-8-5-2/h7-8,10-11,16-17,19-20,23-25,27-28,45,50,52,67H,4-6,9,12-15,18,21-22,26,29-44,46-49,51,53-66H2,1-3H3/b10-7-,11-8-,19-16-,20-17-,25-23-,28-27-,45-24-,52-50-. The Balaban J connectivity index is 4.01. The fourth-order valence-corrected chi connectivity index (χ4v) is 9.07. The number of carbonyl (C=O) groups excluding carboxylic acids is 3. The molecular formula is C70H120O6. The molecular weight excluding hydrogens is 937 g/mol. The number of allylic oxidation sites excluding steroid dienone is 16. The van der Waals surface area contributed by atoms with Gasteiger partial charge in [0.05, 0.1) is 0 Å². The van der Waals surface area contributed by atoms with Crippen LogP contribution in [0, 0.1) is 0 Å². The minimum Gasteiger partial charge on any atom is -0.462 e. The van der Waals surface area contributed by atoms with Gasteiger partial charge in [-0.1, -0.05) is 291 Å². The van der Waals surface area contributed by atoms with Gasteiger partial charge in [-0.3, -0.25) is 14.4 Å². The van der Waals surface area contributed by atoms with E-state index in [4.69, 9.17) is 14.2 Å². The van der Waals surface area contributed by atoms with Crippen molar-refractivity contribution in [1.29, 1.82) is 0 Å². The second-order valence-corrected chi connectivity index (χ2v) is 21.3. The molecule has 0 N–H and O–H groups in total. The van der Waals surface area contributed by atoms with Crippen molar-refractivity contribution in [2.45, 2.75) is 316 Å². The maximum absolute atomic E-state index is 12.8. The van der Waals surface area contributed by atoms with Crippen LogP contribution in [0.15, 0.2) is 97.2 Å². The molecule has 0 aromatic rings. The van der Waals surface area contributed by atoms with Crippen molar-refractivity contribution in [3.05, 3.63) is 97.2 Å². The highest BCUT2D eigenvalue weighted by molar-refractivity contribution is 5.71. The highest BCUT2D eigenvalue weighted by atomic mass is 16.6. The third kappa shape index (κ3) is 61.2. The third-order valence-corrected chi connectivity index (χ3v) is 13.8. The Morgan fingerprint density at radius 3 is 0.829 bits per heavy atom. The van der Waals surface area contributed by atoms with E-state index in [0.717, 1.165) is 103 Å². The monoisotopic (exact) mass is 1060 g/mol. The van der Waals surface area contributed by atoms with E-state index in [0.29, 0.717) is 19.3 Å². The van der Waals surface area contributed by atoms with E-state index in [1.54, 1.807) is 0 Å². The van der Waals surface area contributed by atoms with Crippen LogP contribution in [0.25, 0.3) is 0 Å². The fourth-order valence-electron chi connectivity index (χ4n) is 9.07. The first-order chi connectivity index (χ1) is 37.5. The molecule has 1 atom stereocenters. The van der Waals surface area contributed by atoms with Gasteiger partial charge in [-0.25, -0.2) is 0 Å². The summed E-state index contributed by atoms with van der Waals surface area (Å²) in [6.45, 7) is 6.37. The molecule has 0 amide bonds. The molecule has 6 heteroatoms. The number of hydrogen-bond acceptors (Lipinski definition) is 6. The zero-order valence-corrected chi connectivity index (χ0v) is 50.0. The van der Waals surface area contributed by atoms with Crippen LogP contribution < -0.4 is 0 Å². The second kappa shape index (κ2) is 63.9. The number of rotatable bonds is 58. The van der Waals surface area contributed by atoms with Gasteiger partial charge in [0, 0.05) is 19.3 Å². The molecule has 0 rings (SSSR count). The molecule has 0 aliphatic heterocycles. The summed E-state index contributed by atoms with van der Waals surface area (Å²) in [6, 6.07) is 0. The van der Waals surface area contributed by atoms with Gasteiger partial charge < -0.3 is 14.2 Å². The molecule has 0 aromatic carbocycles. The Bertz CT molecular complexity index is 1490. The number of hydrogen-bond donors (Lipinski definition) is 0. The van der Waals surface area contributed by atoms with Crippen LogP contribution in [-0.4, -0.2) is 37.2 Å². The fraction of sp³-hybridized carbons (Fsp3) is 0.729. The van der Waals surface area contributed by atoms with Crippen molar-refractivity contribution >= 4 is 17.9 Å². The Hall–Kier alpha value is -3.67. The summed E-state index contributed by atoms with van der Waals surface area (Å²) < 4.78 is 16.8. The summed E-state index contributed by atoms with van der Waals surface area (Å²) in [6.07, 6.45) is 86.1. The molecule has 76 heavy (non-hydrogen) atoms. The number of unbranched alkanes of at least 4 members (excludes halogenated alkanes) is 31. The van der Waals surface area contributed by atoms with Gasteiger partial charge in [0.25, 0.3) is 0 Å². The third-order valence-electron chi connectivity index (χ3n) is 13.8. The highest BCUT2D eigenvalue weighted by Crippen LogP contribution is 2.17. The SMILES string of the molecule is CC/C=C\C/C=C\C/C=C\C/C=C\CCCCCCCCCCCCCCCCCCCCCCCCC(=O)OCC(COC(=O)CCCCCCCCCC)OC(=O)CCCC/C=C\C/C=C\C/C=C\C/C=C\CC. The predicted octanol–water partition coefficient (Wildman–Crippen LogP) is 22.0. The van der Waals surface area contributed by atoms with Crippen LogP contribution in [0.4, 0.5) is 0 Å². The van der Waals surface area contributed by atoms with Crippen LogP contribution in [0.2, 0.25) is 0 Å². The average molecular weight is 1060 g/mol. The molecule has 0 saturated carbocycles. The Kier molecular flexibility index (Phi) is 60.8. The minimum atomic E-state index is -0.794. The Morgan fingerprint density at radius 1 is 0.276 bits per heavy atom. The average Bonchev–Trinajstić information content (AvgIpc) is 3.42. The van der Waals surface area contributed by atoms with Crippen molar-refractivity contribution in [3.8, 4) is 0 Å². The summed E-state index contributed by atoms with van der Waals surface area (Å²) >= 11 is 0. The van der Waals surface area contributed by atoms with Gasteiger partial charge in [-0.2, -0.15) is 0 Å². The topological polar surface area (TPSA) is 78.9 Å². The molecule has 436 valence electrons. The largest absolute Gasteiger partial charge is 0.462 e. The van der Waals surface area contributed by atoms with Crippen molar-refractivity contribution < 1.29 is 28.6 Å². The lowest BCUT2D eigenvalue weighted by Gasteiger charge is -2.18. The highest BCUT2D eigenvalue weighted by Gasteiger charge is 2.19. The summed E-state index contributed by atoms with van der Waals surface area (Å²) in [7, 11) is 0. The molecule has 0 aliphatic carbocycles. The van der Waals surface area contributed by atoms with Crippen LogP contribution in [0.5, 0.6) is 0 Å². The van der Waals surface area contributed by atoms with Gasteiger partial charge in [0.1, 0.15) is 13.2 Å². The molecule has 0 saturated heterocycles. The first-order valence-electron chi connectivity index (χ1n) is 32.2. The normalized spacial score (nSPS) is 12.7. The summed E-state index contributed by atoms with van der Waals surface area (Å²) in [5.41, 5.74) is 0. The Labute approximate surface area is 470 Å². The van der Waals surface area contributed by atoms with Crippen molar-refractivity contribution in [1.82, 2.24) is 0 Å². The zero-order chi connectivity index (χ0) is 55.0. The maximum atomic E-state index is 12.8. The molecule has 0 aromatic heterocycles. The Morgan fingerprint density at radius 2 is 0.513 bits per heavy atom. The van der Waals surface area contributed by atoms with Crippen molar-refractivity contribution in [2.24, 2.45) is 0 Å². The molecule has 0 spiro atoms. The first-order valence-corrected chi connectivity index (χ1v) is 32.2. The minimum absolute atomic E-state index is 0.0899. The quantitative estimate of drug-likeness (QED) is 0.0261. The molecule has 6 nitrogen and oxygen atoms in total. The van der Waals surface area contributed by atoms with Crippen molar-refractivity contribution in [2.75, 3.05) is 13.2 Å². The van der Waals surface area contributed by atoms with Crippen LogP contribution in [-0.2, 0) is 28.6 Å². The van der Waals surface area contributed by atoms with Gasteiger partial charge in [-0.15, -0.1) is 0 Å². The molecule has 0 radical (unpaired) electrons. The van der Waals surface area contributed by atoms with E-state index in [1.807, 2.05) is 0 Å². The summed E-state index contributed by atoms with van der Waals surface area (Å²) in [5, 5.41) is 0. The first kappa shape index (κ1) is 72.3. The van der Waals surface area contributed by atoms with Gasteiger partial charge in [-0.05, 0) is 96.3 Å². The van der Waals surface area contributed by atoms with E-state index in [1.165, 1.54) is 161 Å². The second-order valence-electron chi connectivity index (χ2n) is 21.3. The summed E-state index contributed by atoms with van der Waals surface area (Å²) in [4.78, 5) is 38.0. The van der Waals surface area contributed by atoms with E-state index >= 15 is 0 Å². The van der Waals surface area contributed by atoms with Crippen LogP contribution in [0.3, 0.4) is 0 Å². The van der Waals surface area contributed by atoms with Crippen LogP contribution >= 0.6 is 0 Å². The van der Waals surface area contributed by atoms with Gasteiger partial charge in [0.15, 0.2) is 6.10 Å².